The first kappa shape index (κ1) is 39.5. The van der Waals surface area contributed by atoms with Crippen molar-refractivity contribution in [2.45, 2.75) is 52.4 Å². The van der Waals surface area contributed by atoms with Gasteiger partial charge in [0.15, 0.2) is 8.07 Å². The zero-order valence-electron chi connectivity index (χ0n) is 38.1. The Morgan fingerprint density at radius 1 is 0.277 bits per heavy atom. The molecule has 0 amide bonds. The summed E-state index contributed by atoms with van der Waals surface area (Å²) in [7, 11) is -2.94. The highest BCUT2D eigenvalue weighted by molar-refractivity contribution is 7.20. The molecule has 12 aromatic rings. The fourth-order valence-electron chi connectivity index (χ4n) is 11.2. The average Bonchev–Trinajstić information content (AvgIpc) is 3.32. The van der Waals surface area contributed by atoms with Gasteiger partial charge >= 0.3 is 0 Å². The van der Waals surface area contributed by atoms with Crippen LogP contribution < -0.4 is 20.7 Å². The van der Waals surface area contributed by atoms with Gasteiger partial charge in [-0.15, -0.1) is 0 Å². The van der Waals surface area contributed by atoms with Gasteiger partial charge in [0.25, 0.3) is 0 Å². The van der Waals surface area contributed by atoms with E-state index in [1.807, 2.05) is 0 Å². The molecular weight excluding hydrogens is 797 g/mol. The summed E-state index contributed by atoms with van der Waals surface area (Å²) < 4.78 is 0. The largest absolute Gasteiger partial charge is 0.179 e. The molecule has 0 spiro atoms. The summed E-state index contributed by atoms with van der Waals surface area (Å²) in [6, 6.07) is 79.8. The van der Waals surface area contributed by atoms with Crippen molar-refractivity contribution in [1.29, 1.82) is 0 Å². The number of hydrogen-bond donors (Lipinski definition) is 0. The van der Waals surface area contributed by atoms with Crippen molar-refractivity contribution < 1.29 is 0 Å². The minimum Gasteiger partial charge on any atom is -0.0623 e. The van der Waals surface area contributed by atoms with E-state index in [1.54, 1.807) is 0 Å². The molecule has 312 valence electrons. The summed E-state index contributed by atoms with van der Waals surface area (Å²) in [4.78, 5) is 0. The molecular formula is C64H52Si. The van der Waals surface area contributed by atoms with E-state index in [0.717, 1.165) is 0 Å². The van der Waals surface area contributed by atoms with Crippen LogP contribution in [0.3, 0.4) is 0 Å². The first-order valence-corrected chi connectivity index (χ1v) is 25.2. The molecule has 12 aromatic carbocycles. The van der Waals surface area contributed by atoms with E-state index in [9.17, 15) is 0 Å². The highest BCUT2D eigenvalue weighted by Gasteiger charge is 2.42. The molecule has 0 atom stereocenters. The van der Waals surface area contributed by atoms with Gasteiger partial charge in [-0.3, -0.25) is 0 Å². The highest BCUT2D eigenvalue weighted by Crippen LogP contribution is 2.44. The molecule has 0 N–H and O–H groups in total. The number of benzene rings is 12. The summed E-state index contributed by atoms with van der Waals surface area (Å²) >= 11 is 0. The van der Waals surface area contributed by atoms with Gasteiger partial charge in [-0.1, -0.05) is 242 Å². The summed E-state index contributed by atoms with van der Waals surface area (Å²) in [5.74, 6) is 0. The van der Waals surface area contributed by atoms with Crippen LogP contribution in [-0.4, -0.2) is 8.07 Å². The van der Waals surface area contributed by atoms with Gasteiger partial charge in [-0.05, 0) is 136 Å². The van der Waals surface area contributed by atoms with Gasteiger partial charge in [-0.25, -0.2) is 0 Å². The van der Waals surface area contributed by atoms with E-state index in [-0.39, 0.29) is 10.8 Å². The smallest absolute Gasteiger partial charge is 0.0623 e. The van der Waals surface area contributed by atoms with Gasteiger partial charge in [0, 0.05) is 0 Å². The predicted molar refractivity (Wildman–Crippen MR) is 286 cm³/mol. The Kier molecular flexibility index (Phi) is 8.80. The monoisotopic (exact) mass is 848 g/mol. The fraction of sp³-hybridized carbons (Fsp3) is 0.125. The molecule has 0 fully saturated rings. The lowest BCUT2D eigenvalue weighted by Crippen LogP contribution is -2.74. The van der Waals surface area contributed by atoms with Gasteiger partial charge < -0.3 is 0 Å². The Morgan fingerprint density at radius 2 is 0.600 bits per heavy atom. The fourth-order valence-corrected chi connectivity index (χ4v) is 16.0. The van der Waals surface area contributed by atoms with Crippen LogP contribution in [0.4, 0.5) is 0 Å². The lowest BCUT2D eigenvalue weighted by atomic mass is 9.82. The van der Waals surface area contributed by atoms with Crippen molar-refractivity contribution in [2.24, 2.45) is 0 Å². The second-order valence-electron chi connectivity index (χ2n) is 20.5. The Morgan fingerprint density at radius 3 is 0.954 bits per heavy atom. The van der Waals surface area contributed by atoms with Gasteiger partial charge in [0.2, 0.25) is 0 Å². The Hall–Kier alpha value is -7.06. The molecule has 0 heterocycles. The van der Waals surface area contributed by atoms with Crippen LogP contribution in [-0.2, 0) is 10.8 Å². The number of rotatable bonds is 6. The van der Waals surface area contributed by atoms with Crippen LogP contribution in [0.25, 0.3) is 86.9 Å². The highest BCUT2D eigenvalue weighted by atomic mass is 28.3. The summed E-state index contributed by atoms with van der Waals surface area (Å²) in [5, 5.41) is 21.3. The van der Waals surface area contributed by atoms with Gasteiger partial charge in [-0.2, -0.15) is 0 Å². The molecule has 0 aliphatic heterocycles. The van der Waals surface area contributed by atoms with Crippen molar-refractivity contribution >= 4 is 93.5 Å². The van der Waals surface area contributed by atoms with E-state index in [1.165, 1.54) is 119 Å². The molecule has 0 saturated carbocycles. The Balaban J connectivity index is 1.20. The molecule has 65 heavy (non-hydrogen) atoms. The first-order chi connectivity index (χ1) is 31.5. The lowest BCUT2D eigenvalue weighted by molar-refractivity contribution is 0.591. The quantitative estimate of drug-likeness (QED) is 0.0888. The van der Waals surface area contributed by atoms with Gasteiger partial charge in [0.05, 0.1) is 0 Å². The van der Waals surface area contributed by atoms with Crippen molar-refractivity contribution in [1.82, 2.24) is 0 Å². The summed E-state index contributed by atoms with van der Waals surface area (Å²) in [5.41, 5.74) is 7.86. The molecule has 12 rings (SSSR count). The molecule has 0 bridgehead atoms. The van der Waals surface area contributed by atoms with Crippen molar-refractivity contribution in [2.75, 3.05) is 0 Å². The standard InChI is InChI=1S/C64H52Si/c1-63(2,3)49-35-43-24-22-41-26-30-55(57-32-28-45(37-49)59(43)61(41)57)47-34-48(56-31-27-42-23-25-44-36-50(64(4,5)6)38-46-29-33-58(56)62(42)60(44)46)40-54(39-47)65(51-16-10-7-11-17-51,52-18-12-8-13-19-52)53-20-14-9-15-21-53/h7-40H,1-6H3. The third-order valence-electron chi connectivity index (χ3n) is 14.5. The Bertz CT molecular complexity index is 3440. The third kappa shape index (κ3) is 6.17. The topological polar surface area (TPSA) is 0 Å². The van der Waals surface area contributed by atoms with Crippen LogP contribution >= 0.6 is 0 Å². The van der Waals surface area contributed by atoms with Crippen LogP contribution in [0.2, 0.25) is 0 Å². The molecule has 0 saturated heterocycles. The maximum absolute atomic E-state index is 2.94. The molecule has 0 unspecified atom stereocenters. The minimum atomic E-state index is -2.94. The lowest BCUT2D eigenvalue weighted by Gasteiger charge is -2.35. The van der Waals surface area contributed by atoms with E-state index in [4.69, 9.17) is 0 Å². The average molecular weight is 849 g/mol. The van der Waals surface area contributed by atoms with Crippen LogP contribution in [0, 0.1) is 0 Å². The van der Waals surface area contributed by atoms with Crippen LogP contribution in [0.5, 0.6) is 0 Å². The van der Waals surface area contributed by atoms with E-state index >= 15 is 0 Å². The number of hydrogen-bond acceptors (Lipinski definition) is 0. The third-order valence-corrected chi connectivity index (χ3v) is 19.3. The van der Waals surface area contributed by atoms with Crippen LogP contribution in [0.1, 0.15) is 52.7 Å². The maximum Gasteiger partial charge on any atom is 0.179 e. The van der Waals surface area contributed by atoms with Crippen molar-refractivity contribution in [3.63, 3.8) is 0 Å². The zero-order valence-corrected chi connectivity index (χ0v) is 39.1. The normalized spacial score (nSPS) is 12.8. The Labute approximate surface area is 383 Å². The molecule has 1 heteroatoms. The van der Waals surface area contributed by atoms with Crippen LogP contribution in [0.15, 0.2) is 206 Å². The summed E-state index contributed by atoms with van der Waals surface area (Å²) in [6.07, 6.45) is 0. The van der Waals surface area contributed by atoms with E-state index in [0.29, 0.717) is 0 Å². The van der Waals surface area contributed by atoms with E-state index in [2.05, 4.69) is 248 Å². The second kappa shape index (κ2) is 14.5. The van der Waals surface area contributed by atoms with Crippen molar-refractivity contribution in [3.05, 3.63) is 217 Å². The van der Waals surface area contributed by atoms with E-state index < -0.39 is 8.07 Å². The zero-order chi connectivity index (χ0) is 44.2. The molecule has 0 radical (unpaired) electrons. The van der Waals surface area contributed by atoms with Gasteiger partial charge in [0.1, 0.15) is 0 Å². The molecule has 0 aliphatic rings. The second-order valence-corrected chi connectivity index (χ2v) is 24.3. The molecule has 0 nitrogen and oxygen atoms in total. The van der Waals surface area contributed by atoms with Crippen molar-refractivity contribution in [3.8, 4) is 22.3 Å². The first-order valence-electron chi connectivity index (χ1n) is 23.2. The SMILES string of the molecule is CC(C)(C)c1cc2ccc3ccc(-c4cc(-c5ccc6ccc7cc(C(C)(C)C)cc8ccc5c6c78)cc([Si](c5ccccc5)(c5ccccc5)c5ccccc5)c4)c4ccc(c1)c2c34. The minimum absolute atomic E-state index is 0.0552. The molecule has 0 aromatic heterocycles. The molecule has 0 aliphatic carbocycles. The maximum atomic E-state index is 2.57. The summed E-state index contributed by atoms with van der Waals surface area (Å²) in [6.45, 7) is 13.9. The predicted octanol–water partition coefficient (Wildman–Crippen LogP) is 14.8.